The van der Waals surface area contributed by atoms with Crippen LogP contribution in [0.15, 0.2) is 45.8 Å². The Hall–Kier alpha value is -1.22. The van der Waals surface area contributed by atoms with E-state index in [1.54, 1.807) is 19.1 Å². The molecule has 0 N–H and O–H groups in total. The lowest BCUT2D eigenvalue weighted by Gasteiger charge is -2.15. The number of halogens is 4. The maximum atomic E-state index is 13.1. The van der Waals surface area contributed by atoms with Crippen molar-refractivity contribution in [2.24, 2.45) is 0 Å². The molecule has 0 amide bonds. The number of pyridine rings is 1. The number of rotatable bonds is 5. The van der Waals surface area contributed by atoms with Gasteiger partial charge in [-0.3, -0.25) is 4.18 Å². The second-order valence-electron chi connectivity index (χ2n) is 5.53. The van der Waals surface area contributed by atoms with Crippen molar-refractivity contribution in [1.29, 1.82) is 0 Å². The fourth-order valence-electron chi connectivity index (χ4n) is 2.07. The SMILES string of the molecule is Cc1cc(Br)cc(P(C)(=O)c2ccc(S(=O)(=O)OCC(F)(F)F)cc2)n1. The summed E-state index contributed by atoms with van der Waals surface area (Å²) in [7, 11) is -7.69. The van der Waals surface area contributed by atoms with Gasteiger partial charge >= 0.3 is 6.18 Å². The molecule has 2 rings (SSSR count). The first-order valence-corrected chi connectivity index (χ1v) is 11.5. The van der Waals surface area contributed by atoms with E-state index in [9.17, 15) is 26.2 Å². The molecular formula is C15H14BrF3NO4PS. The first kappa shape index (κ1) is 21.1. The Kier molecular flexibility index (Phi) is 6.02. The average Bonchev–Trinajstić information content (AvgIpc) is 2.52. The topological polar surface area (TPSA) is 73.3 Å². The largest absolute Gasteiger partial charge is 0.413 e. The van der Waals surface area contributed by atoms with E-state index in [1.165, 1.54) is 18.8 Å². The minimum absolute atomic E-state index is 0.317. The third kappa shape index (κ3) is 5.16. The van der Waals surface area contributed by atoms with Gasteiger partial charge in [-0.05, 0) is 50.0 Å². The summed E-state index contributed by atoms with van der Waals surface area (Å²) in [5, 5.41) is 0.317. The Labute approximate surface area is 157 Å². The lowest BCUT2D eigenvalue weighted by atomic mass is 10.4. The van der Waals surface area contributed by atoms with Crippen LogP contribution in [0.2, 0.25) is 0 Å². The van der Waals surface area contributed by atoms with Crippen LogP contribution in [0.1, 0.15) is 5.69 Å². The number of aromatic nitrogens is 1. The Balaban J connectivity index is 2.32. The Morgan fingerprint density at radius 2 is 1.77 bits per heavy atom. The molecule has 0 bridgehead atoms. The summed E-state index contributed by atoms with van der Waals surface area (Å²) in [6, 6.07) is 8.02. The number of nitrogens with zero attached hydrogens (tertiary/aromatic N) is 1. The van der Waals surface area contributed by atoms with Crippen LogP contribution in [-0.2, 0) is 18.9 Å². The fraction of sp³-hybridized carbons (Fsp3) is 0.267. The van der Waals surface area contributed by atoms with Gasteiger partial charge < -0.3 is 4.57 Å². The first-order chi connectivity index (χ1) is 11.8. The molecule has 1 unspecified atom stereocenters. The van der Waals surface area contributed by atoms with E-state index in [0.29, 0.717) is 20.9 Å². The maximum Gasteiger partial charge on any atom is 0.413 e. The van der Waals surface area contributed by atoms with Crippen molar-refractivity contribution < 1.29 is 30.3 Å². The van der Waals surface area contributed by atoms with Crippen molar-refractivity contribution >= 4 is 43.9 Å². The molecule has 0 aliphatic carbocycles. The Morgan fingerprint density at radius 1 is 1.19 bits per heavy atom. The third-order valence-corrected chi connectivity index (χ3v) is 7.46. The second-order valence-corrected chi connectivity index (χ2v) is 10.9. The summed E-state index contributed by atoms with van der Waals surface area (Å²) in [6.07, 6.45) is -4.77. The van der Waals surface area contributed by atoms with Gasteiger partial charge in [0.2, 0.25) is 0 Å². The van der Waals surface area contributed by atoms with E-state index in [0.717, 1.165) is 12.1 Å². The van der Waals surface area contributed by atoms with Gasteiger partial charge in [0.1, 0.15) is 5.44 Å². The Morgan fingerprint density at radius 3 is 2.27 bits per heavy atom. The van der Waals surface area contributed by atoms with Crippen molar-refractivity contribution in [2.75, 3.05) is 13.3 Å². The molecule has 0 saturated carbocycles. The third-order valence-electron chi connectivity index (χ3n) is 3.34. The molecule has 11 heteroatoms. The highest BCUT2D eigenvalue weighted by Gasteiger charge is 2.32. The van der Waals surface area contributed by atoms with E-state index in [2.05, 4.69) is 25.1 Å². The van der Waals surface area contributed by atoms with Gasteiger partial charge in [0, 0.05) is 15.5 Å². The van der Waals surface area contributed by atoms with Crippen LogP contribution in [0.3, 0.4) is 0 Å². The molecule has 0 aliphatic heterocycles. The molecule has 0 saturated heterocycles. The van der Waals surface area contributed by atoms with E-state index < -0.39 is 34.9 Å². The van der Waals surface area contributed by atoms with Crippen molar-refractivity contribution in [3.8, 4) is 0 Å². The monoisotopic (exact) mass is 471 g/mol. The van der Waals surface area contributed by atoms with Crippen LogP contribution in [0, 0.1) is 6.92 Å². The van der Waals surface area contributed by atoms with Crippen LogP contribution in [0.4, 0.5) is 13.2 Å². The number of benzene rings is 1. The summed E-state index contributed by atoms with van der Waals surface area (Å²) in [6.45, 7) is 1.30. The van der Waals surface area contributed by atoms with Gasteiger partial charge in [0.05, 0.1) is 4.90 Å². The minimum Gasteiger partial charge on any atom is -0.312 e. The van der Waals surface area contributed by atoms with Crippen molar-refractivity contribution in [2.45, 2.75) is 18.0 Å². The van der Waals surface area contributed by atoms with Gasteiger partial charge in [-0.25, -0.2) is 4.98 Å². The highest BCUT2D eigenvalue weighted by atomic mass is 79.9. The average molecular weight is 472 g/mol. The highest BCUT2D eigenvalue weighted by Crippen LogP contribution is 2.38. The number of hydrogen-bond donors (Lipinski definition) is 0. The van der Waals surface area contributed by atoms with Crippen molar-refractivity contribution in [3.05, 3.63) is 46.6 Å². The van der Waals surface area contributed by atoms with Crippen molar-refractivity contribution in [1.82, 2.24) is 4.98 Å². The summed E-state index contributed by atoms with van der Waals surface area (Å²) in [5.74, 6) is 0. The predicted octanol–water partition coefficient (Wildman–Crippen LogP) is 3.36. The quantitative estimate of drug-likeness (QED) is 0.493. The molecule has 0 radical (unpaired) electrons. The zero-order valence-electron chi connectivity index (χ0n) is 13.6. The maximum absolute atomic E-state index is 13.1. The molecule has 1 heterocycles. The van der Waals surface area contributed by atoms with E-state index in [-0.39, 0.29) is 0 Å². The van der Waals surface area contributed by atoms with Gasteiger partial charge in [-0.1, -0.05) is 15.9 Å². The summed E-state index contributed by atoms with van der Waals surface area (Å²) in [4.78, 5) is 3.79. The lowest BCUT2D eigenvalue weighted by Crippen LogP contribution is -2.21. The zero-order valence-corrected chi connectivity index (χ0v) is 16.9. The molecular weight excluding hydrogens is 458 g/mol. The standard InChI is InChI=1S/C15H14BrF3NO4PS/c1-10-7-11(16)8-14(20-10)25(2,21)12-3-5-13(6-4-12)26(22,23)24-9-15(17,18)19/h3-8H,9H2,1-2H3. The summed E-state index contributed by atoms with van der Waals surface area (Å²) < 4.78 is 77.8. The number of alkyl halides is 3. The molecule has 1 aromatic heterocycles. The fourth-order valence-corrected chi connectivity index (χ4v) is 5.41. The van der Waals surface area contributed by atoms with Crippen LogP contribution >= 0.6 is 23.1 Å². The molecule has 1 atom stereocenters. The lowest BCUT2D eigenvalue weighted by molar-refractivity contribution is -0.152. The van der Waals surface area contributed by atoms with Crippen LogP contribution < -0.4 is 10.7 Å². The molecule has 0 aliphatic rings. The number of aryl methyl sites for hydroxylation is 1. The minimum atomic E-state index is -4.77. The second kappa shape index (κ2) is 7.42. The Bertz CT molecular complexity index is 942. The van der Waals surface area contributed by atoms with Crippen LogP contribution in [-0.4, -0.2) is 32.8 Å². The van der Waals surface area contributed by atoms with Gasteiger partial charge in [-0.2, -0.15) is 21.6 Å². The first-order valence-electron chi connectivity index (χ1n) is 7.10. The number of hydrogen-bond acceptors (Lipinski definition) is 5. The summed E-state index contributed by atoms with van der Waals surface area (Å²) >= 11 is 3.30. The normalized spacial score (nSPS) is 14.8. The molecule has 0 spiro atoms. The molecule has 5 nitrogen and oxygen atoms in total. The van der Waals surface area contributed by atoms with Crippen LogP contribution in [0.25, 0.3) is 0 Å². The smallest absolute Gasteiger partial charge is 0.312 e. The molecule has 2 aromatic rings. The van der Waals surface area contributed by atoms with Gasteiger partial charge in [0.15, 0.2) is 13.7 Å². The zero-order chi connectivity index (χ0) is 19.8. The molecule has 26 heavy (non-hydrogen) atoms. The van der Waals surface area contributed by atoms with Crippen molar-refractivity contribution in [3.63, 3.8) is 0 Å². The molecule has 1 aromatic carbocycles. The van der Waals surface area contributed by atoms with E-state index in [1.807, 2.05) is 0 Å². The molecule has 0 fully saturated rings. The predicted molar refractivity (Wildman–Crippen MR) is 95.1 cm³/mol. The van der Waals surface area contributed by atoms with E-state index >= 15 is 0 Å². The van der Waals surface area contributed by atoms with Gasteiger partial charge in [0.25, 0.3) is 10.1 Å². The van der Waals surface area contributed by atoms with Gasteiger partial charge in [-0.15, -0.1) is 0 Å². The van der Waals surface area contributed by atoms with Crippen LogP contribution in [0.5, 0.6) is 0 Å². The molecule has 142 valence electrons. The summed E-state index contributed by atoms with van der Waals surface area (Å²) in [5.41, 5.74) is 0.976. The highest BCUT2D eigenvalue weighted by molar-refractivity contribution is 9.10. The van der Waals surface area contributed by atoms with E-state index in [4.69, 9.17) is 0 Å².